The summed E-state index contributed by atoms with van der Waals surface area (Å²) in [6.45, 7) is 2.74. The molecule has 0 atom stereocenters. The zero-order valence-electron chi connectivity index (χ0n) is 15.0. The fraction of sp³-hybridized carbons (Fsp3) is 0.176. The van der Waals surface area contributed by atoms with Crippen LogP contribution in [0.3, 0.4) is 0 Å². The number of nitrogens with one attached hydrogen (secondary N) is 3. The van der Waals surface area contributed by atoms with E-state index in [0.29, 0.717) is 30.9 Å². The molecule has 0 aliphatic rings. The molecular formula is C17H17N9O2. The molecule has 3 N–H and O–H groups in total. The van der Waals surface area contributed by atoms with E-state index in [2.05, 4.69) is 46.2 Å². The molecular weight excluding hydrogens is 362 g/mol. The number of benzene rings is 1. The Balaban J connectivity index is 1.55. The summed E-state index contributed by atoms with van der Waals surface area (Å²) in [6.07, 6.45) is 1.61. The molecule has 0 bridgehead atoms. The molecule has 11 heteroatoms. The number of rotatable bonds is 8. The minimum Gasteiger partial charge on any atom is -0.467 e. The maximum Gasteiger partial charge on any atom is 0.323 e. The molecule has 3 aromatic heterocycles. The number of aromatic nitrogens is 7. The Bertz CT molecular complexity index is 1020. The number of H-pyrrole nitrogens is 1. The quantitative estimate of drug-likeness (QED) is 0.418. The largest absolute Gasteiger partial charge is 0.467 e. The zero-order valence-corrected chi connectivity index (χ0v) is 15.0. The van der Waals surface area contributed by atoms with Gasteiger partial charge < -0.3 is 19.8 Å². The SMILES string of the molecule is CCOc1nc(NCc2ccco2)nc(Nc2cccc(-c3nn[nH]n3)c2)n1. The number of furan rings is 1. The Morgan fingerprint density at radius 2 is 2.04 bits per heavy atom. The number of tetrazole rings is 1. The van der Waals surface area contributed by atoms with Crippen LogP contribution in [0, 0.1) is 0 Å². The molecule has 0 radical (unpaired) electrons. The van der Waals surface area contributed by atoms with Crippen LogP contribution < -0.4 is 15.4 Å². The third-order valence-corrected chi connectivity index (χ3v) is 3.61. The van der Waals surface area contributed by atoms with Crippen molar-refractivity contribution < 1.29 is 9.15 Å². The first-order valence-electron chi connectivity index (χ1n) is 8.56. The predicted molar refractivity (Wildman–Crippen MR) is 99.9 cm³/mol. The molecule has 0 aliphatic heterocycles. The highest BCUT2D eigenvalue weighted by molar-refractivity contribution is 5.64. The van der Waals surface area contributed by atoms with Crippen LogP contribution >= 0.6 is 0 Å². The second-order valence-electron chi connectivity index (χ2n) is 5.57. The second kappa shape index (κ2) is 8.12. The van der Waals surface area contributed by atoms with Crippen molar-refractivity contribution in [2.45, 2.75) is 13.5 Å². The predicted octanol–water partition coefficient (Wildman–Crippen LogP) is 2.40. The monoisotopic (exact) mass is 379 g/mol. The van der Waals surface area contributed by atoms with Gasteiger partial charge in [0, 0.05) is 11.3 Å². The Morgan fingerprint density at radius 1 is 1.11 bits per heavy atom. The number of anilines is 3. The summed E-state index contributed by atoms with van der Waals surface area (Å²) in [4.78, 5) is 12.9. The summed E-state index contributed by atoms with van der Waals surface area (Å²) in [5, 5.41) is 20.2. The van der Waals surface area contributed by atoms with Gasteiger partial charge in [-0.05, 0) is 36.4 Å². The van der Waals surface area contributed by atoms with E-state index in [1.807, 2.05) is 43.3 Å². The number of hydrogen-bond donors (Lipinski definition) is 3. The molecule has 1 aromatic carbocycles. The Kier molecular flexibility index (Phi) is 5.04. The fourth-order valence-electron chi connectivity index (χ4n) is 2.41. The van der Waals surface area contributed by atoms with Crippen molar-refractivity contribution in [3.05, 3.63) is 48.4 Å². The lowest BCUT2D eigenvalue weighted by Crippen LogP contribution is -2.09. The van der Waals surface area contributed by atoms with Gasteiger partial charge >= 0.3 is 6.01 Å². The molecule has 4 rings (SSSR count). The molecule has 142 valence electrons. The van der Waals surface area contributed by atoms with Gasteiger partial charge in [0.05, 0.1) is 19.4 Å². The first-order valence-corrected chi connectivity index (χ1v) is 8.56. The van der Waals surface area contributed by atoms with E-state index in [1.165, 1.54) is 0 Å². The van der Waals surface area contributed by atoms with Crippen LogP contribution in [-0.2, 0) is 6.54 Å². The average Bonchev–Trinajstić information content (AvgIpc) is 3.41. The van der Waals surface area contributed by atoms with E-state index in [4.69, 9.17) is 9.15 Å². The summed E-state index contributed by atoms with van der Waals surface area (Å²) in [5.41, 5.74) is 1.56. The molecule has 0 amide bonds. The number of ether oxygens (including phenoxy) is 1. The molecule has 0 fully saturated rings. The van der Waals surface area contributed by atoms with Crippen LogP contribution in [0.25, 0.3) is 11.4 Å². The van der Waals surface area contributed by atoms with Gasteiger partial charge in [-0.2, -0.15) is 20.2 Å². The van der Waals surface area contributed by atoms with Gasteiger partial charge in [-0.15, -0.1) is 10.2 Å². The number of aromatic amines is 1. The molecule has 0 spiro atoms. The molecule has 4 aromatic rings. The minimum absolute atomic E-state index is 0.219. The molecule has 0 aliphatic carbocycles. The van der Waals surface area contributed by atoms with E-state index in [9.17, 15) is 0 Å². The van der Waals surface area contributed by atoms with Gasteiger partial charge in [0.2, 0.25) is 17.7 Å². The third kappa shape index (κ3) is 4.20. The molecule has 0 saturated carbocycles. The van der Waals surface area contributed by atoms with Crippen molar-refractivity contribution in [2.75, 3.05) is 17.2 Å². The minimum atomic E-state index is 0.219. The van der Waals surface area contributed by atoms with E-state index in [1.54, 1.807) is 6.26 Å². The van der Waals surface area contributed by atoms with E-state index >= 15 is 0 Å². The van der Waals surface area contributed by atoms with Crippen LogP contribution in [0.15, 0.2) is 47.1 Å². The van der Waals surface area contributed by atoms with E-state index in [-0.39, 0.29) is 6.01 Å². The summed E-state index contributed by atoms with van der Waals surface area (Å²) >= 11 is 0. The van der Waals surface area contributed by atoms with Crippen molar-refractivity contribution in [3.63, 3.8) is 0 Å². The lowest BCUT2D eigenvalue weighted by molar-refractivity contribution is 0.312. The van der Waals surface area contributed by atoms with Gasteiger partial charge in [0.25, 0.3) is 0 Å². The first-order chi connectivity index (χ1) is 13.8. The fourth-order valence-corrected chi connectivity index (χ4v) is 2.41. The summed E-state index contributed by atoms with van der Waals surface area (Å²) in [6, 6.07) is 11.4. The standard InChI is InChI=1S/C17H17N9O2/c1-2-27-17-21-15(18-10-13-7-4-8-28-13)20-16(22-17)19-12-6-3-5-11(9-12)14-23-25-26-24-14/h3-9H,2,10H2,1H3,(H,23,24,25,26)(H2,18,19,20,21,22). The normalized spacial score (nSPS) is 10.6. The highest BCUT2D eigenvalue weighted by Gasteiger charge is 2.10. The van der Waals surface area contributed by atoms with Crippen LogP contribution in [0.1, 0.15) is 12.7 Å². The molecule has 3 heterocycles. The van der Waals surface area contributed by atoms with Crippen molar-refractivity contribution >= 4 is 17.6 Å². The van der Waals surface area contributed by atoms with Crippen LogP contribution in [0.5, 0.6) is 6.01 Å². The van der Waals surface area contributed by atoms with Gasteiger partial charge in [-0.25, -0.2) is 0 Å². The second-order valence-corrected chi connectivity index (χ2v) is 5.57. The molecule has 11 nitrogen and oxygen atoms in total. The maximum atomic E-state index is 5.45. The lowest BCUT2D eigenvalue weighted by atomic mass is 10.2. The van der Waals surface area contributed by atoms with Crippen LogP contribution in [-0.4, -0.2) is 42.2 Å². The van der Waals surface area contributed by atoms with Crippen molar-refractivity contribution in [1.82, 2.24) is 35.6 Å². The number of hydrogen-bond acceptors (Lipinski definition) is 10. The Hall–Kier alpha value is -4.02. The van der Waals surface area contributed by atoms with Crippen molar-refractivity contribution in [2.24, 2.45) is 0 Å². The summed E-state index contributed by atoms with van der Waals surface area (Å²) < 4.78 is 10.8. The highest BCUT2D eigenvalue weighted by Crippen LogP contribution is 2.22. The summed E-state index contributed by atoms with van der Waals surface area (Å²) in [7, 11) is 0. The topological polar surface area (TPSA) is 140 Å². The zero-order chi connectivity index (χ0) is 19.2. The number of nitrogens with zero attached hydrogens (tertiary/aromatic N) is 6. The van der Waals surface area contributed by atoms with Gasteiger partial charge in [0.1, 0.15) is 5.76 Å². The van der Waals surface area contributed by atoms with E-state index < -0.39 is 0 Å². The van der Waals surface area contributed by atoms with Crippen molar-refractivity contribution in [3.8, 4) is 17.4 Å². The smallest absolute Gasteiger partial charge is 0.323 e. The van der Waals surface area contributed by atoms with Gasteiger partial charge in [-0.1, -0.05) is 12.1 Å². The third-order valence-electron chi connectivity index (χ3n) is 3.61. The van der Waals surface area contributed by atoms with Crippen LogP contribution in [0.4, 0.5) is 17.6 Å². The molecule has 0 unspecified atom stereocenters. The van der Waals surface area contributed by atoms with Crippen LogP contribution in [0.2, 0.25) is 0 Å². The molecule has 28 heavy (non-hydrogen) atoms. The van der Waals surface area contributed by atoms with Gasteiger partial charge in [0.15, 0.2) is 0 Å². The molecule has 0 saturated heterocycles. The average molecular weight is 379 g/mol. The Labute approximate surface area is 159 Å². The van der Waals surface area contributed by atoms with E-state index in [0.717, 1.165) is 17.0 Å². The summed E-state index contributed by atoms with van der Waals surface area (Å²) in [5.74, 6) is 1.97. The van der Waals surface area contributed by atoms with Gasteiger partial charge in [-0.3, -0.25) is 0 Å². The highest BCUT2D eigenvalue weighted by atomic mass is 16.5. The lowest BCUT2D eigenvalue weighted by Gasteiger charge is -2.10. The Morgan fingerprint density at radius 3 is 2.82 bits per heavy atom. The van der Waals surface area contributed by atoms with Crippen molar-refractivity contribution in [1.29, 1.82) is 0 Å². The maximum absolute atomic E-state index is 5.45. The first kappa shape index (κ1) is 17.4.